The molecule has 0 radical (unpaired) electrons. The summed E-state index contributed by atoms with van der Waals surface area (Å²) in [6.07, 6.45) is 3.20. The van der Waals surface area contributed by atoms with Crippen molar-refractivity contribution in [2.75, 3.05) is 24.5 Å². The van der Waals surface area contributed by atoms with E-state index in [1.807, 2.05) is 11.3 Å². The Kier molecular flexibility index (Phi) is 4.50. The summed E-state index contributed by atoms with van der Waals surface area (Å²) in [7, 11) is 0. The fraction of sp³-hybridized carbons (Fsp3) is 0.318. The van der Waals surface area contributed by atoms with Crippen molar-refractivity contribution in [3.05, 3.63) is 74.1 Å². The first kappa shape index (κ1) is 17.0. The molecule has 0 aliphatic carbocycles. The molecule has 4 heterocycles. The average molecular weight is 395 g/mol. The van der Waals surface area contributed by atoms with Gasteiger partial charge in [0.2, 0.25) is 5.91 Å². The molecular weight excluding hydrogens is 372 g/mol. The van der Waals surface area contributed by atoms with Crippen LogP contribution in [-0.2, 0) is 17.6 Å². The van der Waals surface area contributed by atoms with Crippen LogP contribution in [0.1, 0.15) is 33.3 Å². The zero-order valence-electron chi connectivity index (χ0n) is 15.1. The van der Waals surface area contributed by atoms with Gasteiger partial charge in [-0.05, 0) is 59.3 Å². The standard InChI is InChI=1S/C22H22N2OS2/c25-21(15-23-11-3-6-16-5-1-2-7-18(16)23)24-12-9-19-17(10-14-27-19)22(24)20-8-4-13-26-20/h1-2,4-5,7-8,10,13-14,22H,3,6,9,11-12,15H2/t22-/m0/s1. The number of thiophene rings is 2. The molecule has 0 saturated heterocycles. The molecule has 5 rings (SSSR count). The molecule has 0 fully saturated rings. The number of nitrogens with zero attached hydrogens (tertiary/aromatic N) is 2. The van der Waals surface area contributed by atoms with Crippen LogP contribution in [0.25, 0.3) is 0 Å². The summed E-state index contributed by atoms with van der Waals surface area (Å²) >= 11 is 3.57. The summed E-state index contributed by atoms with van der Waals surface area (Å²) in [6, 6.07) is 15.1. The number of amides is 1. The van der Waals surface area contributed by atoms with Crippen molar-refractivity contribution in [2.24, 2.45) is 0 Å². The SMILES string of the molecule is O=C(CN1CCCc2ccccc21)N1CCc2sccc2[C@H]1c1cccs1. The molecular formula is C22H22N2OS2. The van der Waals surface area contributed by atoms with Crippen LogP contribution < -0.4 is 4.90 Å². The number of carbonyl (C=O) groups excluding carboxylic acids is 1. The number of hydrogen-bond donors (Lipinski definition) is 0. The van der Waals surface area contributed by atoms with Crippen LogP contribution in [0.3, 0.4) is 0 Å². The minimum absolute atomic E-state index is 0.0764. The minimum Gasteiger partial charge on any atom is -0.362 e. The van der Waals surface area contributed by atoms with Gasteiger partial charge in [-0.2, -0.15) is 0 Å². The van der Waals surface area contributed by atoms with E-state index in [1.165, 1.54) is 26.6 Å². The van der Waals surface area contributed by atoms with Gasteiger partial charge in [0.05, 0.1) is 12.6 Å². The molecule has 0 unspecified atom stereocenters. The lowest BCUT2D eigenvalue weighted by molar-refractivity contribution is -0.131. The summed E-state index contributed by atoms with van der Waals surface area (Å²) in [6.45, 7) is 2.24. The minimum atomic E-state index is 0.0764. The second-order valence-electron chi connectivity index (χ2n) is 7.21. The van der Waals surface area contributed by atoms with Crippen LogP contribution in [0, 0.1) is 0 Å². The fourth-order valence-corrected chi connectivity index (χ4v) is 6.13. The van der Waals surface area contributed by atoms with Crippen LogP contribution in [0.5, 0.6) is 0 Å². The van der Waals surface area contributed by atoms with Gasteiger partial charge < -0.3 is 9.80 Å². The van der Waals surface area contributed by atoms with Crippen molar-refractivity contribution in [3.8, 4) is 0 Å². The van der Waals surface area contributed by atoms with Crippen molar-refractivity contribution in [2.45, 2.75) is 25.3 Å². The van der Waals surface area contributed by atoms with E-state index in [0.29, 0.717) is 6.54 Å². The van der Waals surface area contributed by atoms with E-state index < -0.39 is 0 Å². The summed E-state index contributed by atoms with van der Waals surface area (Å²) in [4.78, 5) is 20.5. The highest BCUT2D eigenvalue weighted by molar-refractivity contribution is 7.10. The van der Waals surface area contributed by atoms with E-state index in [4.69, 9.17) is 0 Å². The fourth-order valence-electron chi connectivity index (χ4n) is 4.37. The number of benzene rings is 1. The van der Waals surface area contributed by atoms with Crippen molar-refractivity contribution >= 4 is 34.3 Å². The van der Waals surface area contributed by atoms with Gasteiger partial charge in [0.1, 0.15) is 0 Å². The first-order chi connectivity index (χ1) is 13.3. The van der Waals surface area contributed by atoms with Gasteiger partial charge in [0, 0.05) is 28.5 Å². The largest absolute Gasteiger partial charge is 0.362 e. The highest BCUT2D eigenvalue weighted by atomic mass is 32.1. The Balaban J connectivity index is 1.43. The Bertz CT molecular complexity index is 947. The number of carbonyl (C=O) groups is 1. The van der Waals surface area contributed by atoms with Crippen LogP contribution in [0.2, 0.25) is 0 Å². The number of aryl methyl sites for hydroxylation is 1. The number of rotatable bonds is 3. The van der Waals surface area contributed by atoms with Crippen LogP contribution in [0.15, 0.2) is 53.2 Å². The second kappa shape index (κ2) is 7.13. The third-order valence-corrected chi connectivity index (χ3v) is 7.55. The zero-order chi connectivity index (χ0) is 18.2. The van der Waals surface area contributed by atoms with Gasteiger partial charge in [0.15, 0.2) is 0 Å². The van der Waals surface area contributed by atoms with Gasteiger partial charge in [-0.3, -0.25) is 4.79 Å². The first-order valence-electron chi connectivity index (χ1n) is 9.53. The molecule has 0 spiro atoms. The van der Waals surface area contributed by atoms with E-state index in [0.717, 1.165) is 32.4 Å². The highest BCUT2D eigenvalue weighted by Crippen LogP contribution is 2.39. The van der Waals surface area contributed by atoms with Gasteiger partial charge in [-0.15, -0.1) is 22.7 Å². The Morgan fingerprint density at radius 3 is 2.81 bits per heavy atom. The molecule has 0 bridgehead atoms. The van der Waals surface area contributed by atoms with Crippen LogP contribution >= 0.6 is 22.7 Å². The summed E-state index contributed by atoms with van der Waals surface area (Å²) in [5, 5.41) is 4.28. The van der Waals surface area contributed by atoms with E-state index >= 15 is 0 Å². The van der Waals surface area contributed by atoms with Gasteiger partial charge >= 0.3 is 0 Å². The van der Waals surface area contributed by atoms with Crippen molar-refractivity contribution < 1.29 is 4.79 Å². The third-order valence-electron chi connectivity index (χ3n) is 5.63. The maximum atomic E-state index is 13.4. The van der Waals surface area contributed by atoms with Crippen molar-refractivity contribution in [3.63, 3.8) is 0 Å². The van der Waals surface area contributed by atoms with Crippen LogP contribution in [-0.4, -0.2) is 30.4 Å². The lowest BCUT2D eigenvalue weighted by Gasteiger charge is -2.38. The third kappa shape index (κ3) is 3.09. The Morgan fingerprint density at radius 1 is 1.00 bits per heavy atom. The smallest absolute Gasteiger partial charge is 0.242 e. The van der Waals surface area contributed by atoms with Crippen LogP contribution in [0.4, 0.5) is 5.69 Å². The lowest BCUT2D eigenvalue weighted by atomic mass is 9.98. The number of anilines is 1. The molecule has 2 aliphatic rings. The normalized spacial score (nSPS) is 18.9. The Hall–Kier alpha value is -2.11. The molecule has 138 valence electrons. The van der Waals surface area contributed by atoms with Gasteiger partial charge in [-0.25, -0.2) is 0 Å². The molecule has 27 heavy (non-hydrogen) atoms. The Morgan fingerprint density at radius 2 is 1.93 bits per heavy atom. The molecule has 2 aromatic heterocycles. The van der Waals surface area contributed by atoms with E-state index in [2.05, 4.69) is 63.0 Å². The molecule has 0 N–H and O–H groups in total. The maximum absolute atomic E-state index is 13.4. The monoisotopic (exact) mass is 394 g/mol. The molecule has 1 atom stereocenters. The molecule has 2 aliphatic heterocycles. The summed E-state index contributed by atoms with van der Waals surface area (Å²) in [5.41, 5.74) is 3.92. The predicted molar refractivity (Wildman–Crippen MR) is 113 cm³/mol. The number of fused-ring (bicyclic) bond motifs is 2. The van der Waals surface area contributed by atoms with Crippen molar-refractivity contribution in [1.29, 1.82) is 0 Å². The summed E-state index contributed by atoms with van der Waals surface area (Å²) < 4.78 is 0. The Labute approximate surface area is 167 Å². The molecule has 1 amide bonds. The topological polar surface area (TPSA) is 23.6 Å². The predicted octanol–water partition coefficient (Wildman–Crippen LogP) is 4.74. The summed E-state index contributed by atoms with van der Waals surface area (Å²) in [5.74, 6) is 0.238. The molecule has 3 nitrogen and oxygen atoms in total. The molecule has 3 aromatic rings. The second-order valence-corrected chi connectivity index (χ2v) is 9.19. The van der Waals surface area contributed by atoms with E-state index in [-0.39, 0.29) is 11.9 Å². The number of para-hydroxylation sites is 1. The zero-order valence-corrected chi connectivity index (χ0v) is 16.8. The molecule has 1 aromatic carbocycles. The molecule has 0 saturated carbocycles. The quantitative estimate of drug-likeness (QED) is 0.641. The first-order valence-corrected chi connectivity index (χ1v) is 11.3. The van der Waals surface area contributed by atoms with Crippen molar-refractivity contribution in [1.82, 2.24) is 4.90 Å². The lowest BCUT2D eigenvalue weighted by Crippen LogP contribution is -2.46. The maximum Gasteiger partial charge on any atom is 0.242 e. The highest BCUT2D eigenvalue weighted by Gasteiger charge is 2.34. The average Bonchev–Trinajstić information content (AvgIpc) is 3.39. The van der Waals surface area contributed by atoms with Gasteiger partial charge in [-0.1, -0.05) is 24.3 Å². The molecule has 5 heteroatoms. The van der Waals surface area contributed by atoms with E-state index in [9.17, 15) is 4.79 Å². The van der Waals surface area contributed by atoms with E-state index in [1.54, 1.807) is 11.3 Å². The van der Waals surface area contributed by atoms with Gasteiger partial charge in [0.25, 0.3) is 0 Å². The number of hydrogen-bond acceptors (Lipinski definition) is 4.